The van der Waals surface area contributed by atoms with Gasteiger partial charge >= 0.3 is 0 Å². The summed E-state index contributed by atoms with van der Waals surface area (Å²) in [5.74, 6) is 1.15. The Balaban J connectivity index is 1.47. The molecule has 0 unspecified atom stereocenters. The highest BCUT2D eigenvalue weighted by atomic mass is 16.5. The quantitative estimate of drug-likeness (QED) is 0.448. The van der Waals surface area contributed by atoms with Crippen molar-refractivity contribution in [1.29, 1.82) is 0 Å². The molecule has 1 amide bonds. The molecule has 0 saturated heterocycles. The smallest absolute Gasteiger partial charge is 0.258 e. The van der Waals surface area contributed by atoms with Crippen LogP contribution in [0.1, 0.15) is 31.0 Å². The van der Waals surface area contributed by atoms with E-state index in [2.05, 4.69) is 27.5 Å². The van der Waals surface area contributed by atoms with E-state index in [1.807, 2.05) is 79.4 Å². The molecule has 0 N–H and O–H groups in total. The fourth-order valence-corrected chi connectivity index (χ4v) is 4.17. The number of tetrazole rings is 1. The average molecular weight is 440 g/mol. The topological polar surface area (TPSA) is 73.1 Å². The lowest BCUT2D eigenvalue weighted by atomic mass is 10.0. The summed E-state index contributed by atoms with van der Waals surface area (Å²) in [6.07, 6.45) is 1.77. The van der Waals surface area contributed by atoms with Gasteiger partial charge in [-0.25, -0.2) is 0 Å². The number of fused-ring (bicyclic) bond motifs is 2. The number of amides is 1. The van der Waals surface area contributed by atoms with Gasteiger partial charge in [0, 0.05) is 5.56 Å². The van der Waals surface area contributed by atoms with Crippen molar-refractivity contribution in [3.63, 3.8) is 0 Å². The fourth-order valence-electron chi connectivity index (χ4n) is 4.17. The number of para-hydroxylation sites is 2. The van der Waals surface area contributed by atoms with Crippen LogP contribution in [0.5, 0.6) is 5.75 Å². The minimum atomic E-state index is -0.631. The van der Waals surface area contributed by atoms with E-state index < -0.39 is 6.04 Å². The molecule has 1 aromatic heterocycles. The second-order valence-corrected chi connectivity index (χ2v) is 8.00. The number of benzene rings is 3. The van der Waals surface area contributed by atoms with Gasteiger partial charge in [0.15, 0.2) is 0 Å². The van der Waals surface area contributed by atoms with Gasteiger partial charge < -0.3 is 4.74 Å². The van der Waals surface area contributed by atoms with Crippen LogP contribution in [0.3, 0.4) is 0 Å². The van der Waals surface area contributed by atoms with Gasteiger partial charge in [0.2, 0.25) is 5.82 Å². The number of hydrogen-bond acceptors (Lipinski definition) is 5. The molecule has 1 aliphatic heterocycles. The number of hydrogen-bond donors (Lipinski definition) is 0. The van der Waals surface area contributed by atoms with Gasteiger partial charge in [-0.15, -0.1) is 10.2 Å². The molecule has 0 bridgehead atoms. The predicted octanol–water partition coefficient (Wildman–Crippen LogP) is 4.76. The largest absolute Gasteiger partial charge is 0.494 e. The molecule has 0 aliphatic carbocycles. The van der Waals surface area contributed by atoms with Crippen LogP contribution < -0.4 is 9.64 Å². The Bertz CT molecular complexity index is 1230. The Morgan fingerprint density at radius 3 is 2.15 bits per heavy atom. The summed E-state index contributed by atoms with van der Waals surface area (Å²) in [5, 5.41) is 12.9. The van der Waals surface area contributed by atoms with Gasteiger partial charge in [-0.1, -0.05) is 36.4 Å². The van der Waals surface area contributed by atoms with E-state index in [1.54, 1.807) is 0 Å². The first-order chi connectivity index (χ1) is 16.2. The maximum atomic E-state index is 13.8. The van der Waals surface area contributed by atoms with Crippen molar-refractivity contribution in [2.24, 2.45) is 0 Å². The predicted molar refractivity (Wildman–Crippen MR) is 127 cm³/mol. The zero-order chi connectivity index (χ0) is 22.8. The molecule has 1 aliphatic rings. The summed E-state index contributed by atoms with van der Waals surface area (Å²) in [6, 6.07) is 23.0. The first-order valence-corrected chi connectivity index (χ1v) is 11.2. The van der Waals surface area contributed by atoms with Crippen molar-refractivity contribution in [3.8, 4) is 17.1 Å². The van der Waals surface area contributed by atoms with Gasteiger partial charge in [-0.3, -0.25) is 9.69 Å². The summed E-state index contributed by atoms with van der Waals surface area (Å²) in [7, 11) is 0. The summed E-state index contributed by atoms with van der Waals surface area (Å²) in [4.78, 5) is 17.0. The number of rotatable bonds is 5. The minimum Gasteiger partial charge on any atom is -0.494 e. The Morgan fingerprint density at radius 1 is 0.939 bits per heavy atom. The molecular weight excluding hydrogens is 414 g/mol. The van der Waals surface area contributed by atoms with Crippen molar-refractivity contribution < 1.29 is 9.53 Å². The number of ether oxygens (including phenoxy) is 1. The number of carbonyl (C=O) groups is 1. The van der Waals surface area contributed by atoms with Crippen LogP contribution >= 0.6 is 0 Å². The summed E-state index contributed by atoms with van der Waals surface area (Å²) in [5.41, 5.74) is 4.93. The summed E-state index contributed by atoms with van der Waals surface area (Å²) < 4.78 is 5.49. The molecule has 0 saturated carbocycles. The monoisotopic (exact) mass is 439 g/mol. The molecule has 0 fully saturated rings. The normalized spacial score (nSPS) is 13.6. The number of aromatic nitrogens is 4. The first kappa shape index (κ1) is 20.9. The molecule has 1 atom stereocenters. The molecule has 3 aromatic carbocycles. The molecule has 33 heavy (non-hydrogen) atoms. The standard InChI is InChI=1S/C26H25N5O2/c1-3-33-22-16-14-21(15-17-22)25-27-29-31(28-25)18(2)26(32)30-23-10-6-4-8-19(23)12-13-20-9-5-7-11-24(20)30/h4-11,14-18H,3,12-13H2,1-2H3/t18-/m0/s1. The van der Waals surface area contributed by atoms with Crippen LogP contribution in [0.25, 0.3) is 11.4 Å². The van der Waals surface area contributed by atoms with E-state index >= 15 is 0 Å². The molecular formula is C26H25N5O2. The Kier molecular flexibility index (Phi) is 5.60. The third-order valence-corrected chi connectivity index (χ3v) is 5.90. The maximum absolute atomic E-state index is 13.8. The zero-order valence-corrected chi connectivity index (χ0v) is 18.7. The van der Waals surface area contributed by atoms with E-state index in [4.69, 9.17) is 4.74 Å². The third kappa shape index (κ3) is 3.98. The Morgan fingerprint density at radius 2 is 1.55 bits per heavy atom. The van der Waals surface area contributed by atoms with Gasteiger partial charge in [-0.05, 0) is 79.4 Å². The lowest BCUT2D eigenvalue weighted by Crippen LogP contribution is -2.34. The number of aryl methyl sites for hydroxylation is 2. The second kappa shape index (κ2) is 8.86. The molecule has 4 aromatic rings. The van der Waals surface area contributed by atoms with E-state index in [9.17, 15) is 4.79 Å². The molecule has 5 rings (SSSR count). The van der Waals surface area contributed by atoms with E-state index in [0.717, 1.165) is 46.7 Å². The van der Waals surface area contributed by atoms with Crippen LogP contribution in [0.15, 0.2) is 72.8 Å². The molecule has 7 nitrogen and oxygen atoms in total. The molecule has 0 spiro atoms. The van der Waals surface area contributed by atoms with Gasteiger partial charge in [-0.2, -0.15) is 4.80 Å². The van der Waals surface area contributed by atoms with Crippen LogP contribution in [0.2, 0.25) is 0 Å². The van der Waals surface area contributed by atoms with Gasteiger partial charge in [0.25, 0.3) is 5.91 Å². The van der Waals surface area contributed by atoms with Crippen LogP contribution in [-0.2, 0) is 17.6 Å². The lowest BCUT2D eigenvalue weighted by molar-refractivity contribution is -0.121. The number of nitrogens with zero attached hydrogens (tertiary/aromatic N) is 5. The van der Waals surface area contributed by atoms with Crippen molar-refractivity contribution >= 4 is 17.3 Å². The highest BCUT2D eigenvalue weighted by Crippen LogP contribution is 2.37. The molecule has 2 heterocycles. The third-order valence-electron chi connectivity index (χ3n) is 5.90. The SMILES string of the molecule is CCOc1ccc(-c2nnn([C@@H](C)C(=O)N3c4ccccc4CCc4ccccc43)n2)cc1. The molecule has 0 radical (unpaired) electrons. The maximum Gasteiger partial charge on any atom is 0.258 e. The minimum absolute atomic E-state index is 0.104. The highest BCUT2D eigenvalue weighted by Gasteiger charge is 2.31. The van der Waals surface area contributed by atoms with Crippen molar-refractivity contribution in [3.05, 3.63) is 83.9 Å². The van der Waals surface area contributed by atoms with Crippen LogP contribution in [0.4, 0.5) is 11.4 Å². The highest BCUT2D eigenvalue weighted by molar-refractivity contribution is 6.04. The van der Waals surface area contributed by atoms with E-state index in [0.29, 0.717) is 12.4 Å². The first-order valence-electron chi connectivity index (χ1n) is 11.2. The average Bonchev–Trinajstić information content (AvgIpc) is 3.28. The van der Waals surface area contributed by atoms with Gasteiger partial charge in [0.1, 0.15) is 11.8 Å². The number of carbonyl (C=O) groups excluding carboxylic acids is 1. The summed E-state index contributed by atoms with van der Waals surface area (Å²) >= 11 is 0. The lowest BCUT2D eigenvalue weighted by Gasteiger charge is -2.27. The summed E-state index contributed by atoms with van der Waals surface area (Å²) in [6.45, 7) is 4.36. The van der Waals surface area contributed by atoms with Crippen LogP contribution in [-0.4, -0.2) is 32.7 Å². The van der Waals surface area contributed by atoms with Crippen molar-refractivity contribution in [1.82, 2.24) is 20.2 Å². The fraction of sp³-hybridized carbons (Fsp3) is 0.231. The van der Waals surface area contributed by atoms with E-state index in [1.165, 1.54) is 4.80 Å². The second-order valence-electron chi connectivity index (χ2n) is 8.00. The van der Waals surface area contributed by atoms with Crippen molar-refractivity contribution in [2.75, 3.05) is 11.5 Å². The Hall–Kier alpha value is -4.00. The zero-order valence-electron chi connectivity index (χ0n) is 18.7. The van der Waals surface area contributed by atoms with Crippen LogP contribution in [0, 0.1) is 0 Å². The van der Waals surface area contributed by atoms with E-state index in [-0.39, 0.29) is 5.91 Å². The van der Waals surface area contributed by atoms with Crippen molar-refractivity contribution in [2.45, 2.75) is 32.7 Å². The molecule has 7 heteroatoms. The molecule has 166 valence electrons. The Labute approximate surface area is 192 Å². The van der Waals surface area contributed by atoms with Gasteiger partial charge in [0.05, 0.1) is 18.0 Å². The number of anilines is 2.